The van der Waals surface area contributed by atoms with Crippen molar-refractivity contribution in [3.05, 3.63) is 0 Å². The summed E-state index contributed by atoms with van der Waals surface area (Å²) >= 11 is 0. The van der Waals surface area contributed by atoms with Crippen LogP contribution in [0.5, 0.6) is 0 Å². The van der Waals surface area contributed by atoms with Gasteiger partial charge in [-0.2, -0.15) is 0 Å². The standard InChI is InChI=1S/C83H162O17P2/c1-8-10-11-12-40-50-57-64-80(85)93-70-78(99-82(87)67-60-53-46-39-33-27-21-23-29-35-42-48-55-62-75(5)6)72-97-101(89,90)95-68-77(84)69-96-102(91,92)98-73-79(71-94-81(86)65-58-51-44-37-31-25-20-19-22-28-34-41-47-54-61-74(3)4)100-83(88)66-59-52-45-38-32-26-18-16-14-13-15-17-24-30-36-43-49-56-63-76(7)9-2/h74-79,84H,8-73H2,1-7H3,(H,89,90)(H,91,92)/t76?,77-,78+,79+/m0/s1. The molecule has 0 aliphatic heterocycles. The van der Waals surface area contributed by atoms with Crippen LogP contribution in [0.4, 0.5) is 0 Å². The Bertz CT molecular complexity index is 1980. The lowest BCUT2D eigenvalue weighted by Gasteiger charge is -2.21. The van der Waals surface area contributed by atoms with Crippen LogP contribution < -0.4 is 0 Å². The van der Waals surface area contributed by atoms with Crippen LogP contribution in [0.15, 0.2) is 0 Å². The van der Waals surface area contributed by atoms with E-state index in [1.807, 2.05) is 0 Å². The fourth-order valence-electron chi connectivity index (χ4n) is 12.8. The highest BCUT2D eigenvalue weighted by Crippen LogP contribution is 2.45. The van der Waals surface area contributed by atoms with E-state index in [9.17, 15) is 43.2 Å². The molecule has 0 saturated carbocycles. The molecule has 17 nitrogen and oxygen atoms in total. The molecule has 0 aliphatic rings. The van der Waals surface area contributed by atoms with Gasteiger partial charge in [0.1, 0.15) is 19.3 Å². The lowest BCUT2D eigenvalue weighted by atomic mass is 9.99. The summed E-state index contributed by atoms with van der Waals surface area (Å²) in [5, 5.41) is 10.6. The van der Waals surface area contributed by atoms with E-state index < -0.39 is 97.5 Å². The molecule has 102 heavy (non-hydrogen) atoms. The highest BCUT2D eigenvalue weighted by Gasteiger charge is 2.30. The van der Waals surface area contributed by atoms with E-state index in [-0.39, 0.29) is 25.7 Å². The molecule has 3 unspecified atom stereocenters. The Balaban J connectivity index is 5.17. The molecule has 0 rings (SSSR count). The highest BCUT2D eigenvalue weighted by molar-refractivity contribution is 7.47. The topological polar surface area (TPSA) is 237 Å². The van der Waals surface area contributed by atoms with Crippen LogP contribution in [-0.4, -0.2) is 96.7 Å². The van der Waals surface area contributed by atoms with Crippen molar-refractivity contribution in [2.24, 2.45) is 17.8 Å². The zero-order chi connectivity index (χ0) is 75.1. The molecule has 0 radical (unpaired) electrons. The molecule has 0 aromatic rings. The second-order valence-electron chi connectivity index (χ2n) is 31.1. The van der Waals surface area contributed by atoms with E-state index in [2.05, 4.69) is 48.5 Å². The summed E-state index contributed by atoms with van der Waals surface area (Å²) < 4.78 is 68.7. The van der Waals surface area contributed by atoms with E-state index in [1.54, 1.807) is 0 Å². The Morgan fingerprint density at radius 2 is 0.500 bits per heavy atom. The summed E-state index contributed by atoms with van der Waals surface area (Å²) in [6, 6.07) is 0. The van der Waals surface area contributed by atoms with E-state index in [0.29, 0.717) is 25.7 Å². The van der Waals surface area contributed by atoms with Gasteiger partial charge in [0, 0.05) is 25.7 Å². The van der Waals surface area contributed by atoms with Crippen molar-refractivity contribution >= 4 is 39.5 Å². The average Bonchev–Trinajstić information content (AvgIpc) is 0.910. The van der Waals surface area contributed by atoms with Crippen LogP contribution >= 0.6 is 15.6 Å². The molecule has 0 amide bonds. The number of hydrogen-bond donors (Lipinski definition) is 3. The Kier molecular flexibility index (Phi) is 71.8. The van der Waals surface area contributed by atoms with E-state index in [1.165, 1.54) is 231 Å². The van der Waals surface area contributed by atoms with Crippen LogP contribution in [0.3, 0.4) is 0 Å². The number of phosphoric acid groups is 2. The van der Waals surface area contributed by atoms with Gasteiger partial charge in [-0.25, -0.2) is 9.13 Å². The third kappa shape index (κ3) is 74.9. The van der Waals surface area contributed by atoms with Gasteiger partial charge in [-0.05, 0) is 43.4 Å². The van der Waals surface area contributed by atoms with Crippen LogP contribution in [0, 0.1) is 17.8 Å². The molecule has 606 valence electrons. The Labute approximate surface area is 626 Å². The van der Waals surface area contributed by atoms with Gasteiger partial charge in [0.2, 0.25) is 0 Å². The second kappa shape index (κ2) is 73.2. The molecule has 6 atom stereocenters. The third-order valence-electron chi connectivity index (χ3n) is 19.7. The molecule has 3 N–H and O–H groups in total. The number of rotatable bonds is 81. The van der Waals surface area contributed by atoms with Gasteiger partial charge in [0.25, 0.3) is 0 Å². The first kappa shape index (κ1) is 100. The minimum Gasteiger partial charge on any atom is -0.462 e. The maximum atomic E-state index is 13.1. The number of carbonyl (C=O) groups is 4. The molecule has 19 heteroatoms. The Morgan fingerprint density at radius 3 is 0.745 bits per heavy atom. The van der Waals surface area contributed by atoms with Gasteiger partial charge < -0.3 is 33.8 Å². The minimum atomic E-state index is -4.96. The van der Waals surface area contributed by atoms with Crippen molar-refractivity contribution in [2.45, 2.75) is 452 Å². The molecular formula is C83H162O17P2. The molecule has 0 spiro atoms. The smallest absolute Gasteiger partial charge is 0.462 e. The molecule has 0 fully saturated rings. The minimum absolute atomic E-state index is 0.107. The summed E-state index contributed by atoms with van der Waals surface area (Å²) in [6.45, 7) is 12.0. The lowest BCUT2D eigenvalue weighted by molar-refractivity contribution is -0.161. The van der Waals surface area contributed by atoms with Crippen LogP contribution in [0.2, 0.25) is 0 Å². The lowest BCUT2D eigenvalue weighted by Crippen LogP contribution is -2.30. The number of hydrogen-bond acceptors (Lipinski definition) is 15. The van der Waals surface area contributed by atoms with Crippen molar-refractivity contribution in [3.8, 4) is 0 Å². The first-order valence-corrected chi connectivity index (χ1v) is 45.9. The van der Waals surface area contributed by atoms with E-state index >= 15 is 0 Å². The highest BCUT2D eigenvalue weighted by atomic mass is 31.2. The summed E-state index contributed by atoms with van der Waals surface area (Å²) in [6.07, 6.45) is 62.6. The van der Waals surface area contributed by atoms with Crippen LogP contribution in [-0.2, 0) is 65.4 Å². The summed E-state index contributed by atoms with van der Waals surface area (Å²) in [5.74, 6) is 0.344. The predicted molar refractivity (Wildman–Crippen MR) is 418 cm³/mol. The number of aliphatic hydroxyl groups excluding tert-OH is 1. The molecule has 0 aliphatic carbocycles. The van der Waals surface area contributed by atoms with Gasteiger partial charge in [0.05, 0.1) is 26.4 Å². The maximum absolute atomic E-state index is 13.1. The number of phosphoric ester groups is 2. The number of esters is 4. The first-order chi connectivity index (χ1) is 49.3. The van der Waals surface area contributed by atoms with E-state index in [0.717, 1.165) is 120 Å². The molecule has 0 saturated heterocycles. The van der Waals surface area contributed by atoms with Crippen molar-refractivity contribution < 1.29 is 80.2 Å². The van der Waals surface area contributed by atoms with E-state index in [4.69, 9.17) is 37.0 Å². The van der Waals surface area contributed by atoms with Gasteiger partial charge in [-0.3, -0.25) is 37.3 Å². The Morgan fingerprint density at radius 1 is 0.284 bits per heavy atom. The number of aliphatic hydroxyl groups is 1. The predicted octanol–water partition coefficient (Wildman–Crippen LogP) is 24.9. The third-order valence-corrected chi connectivity index (χ3v) is 21.6. The van der Waals surface area contributed by atoms with Gasteiger partial charge in [-0.15, -0.1) is 0 Å². The second-order valence-corrected chi connectivity index (χ2v) is 34.0. The zero-order valence-corrected chi connectivity index (χ0v) is 68.9. The normalized spacial score (nSPS) is 14.2. The fraction of sp³-hybridized carbons (Fsp3) is 0.952. The van der Waals surface area contributed by atoms with Gasteiger partial charge in [0.15, 0.2) is 12.2 Å². The monoisotopic (exact) mass is 1490 g/mol. The maximum Gasteiger partial charge on any atom is 0.472 e. The molecule has 0 aromatic heterocycles. The molecular weight excluding hydrogens is 1330 g/mol. The van der Waals surface area contributed by atoms with Crippen LogP contribution in [0.1, 0.15) is 434 Å². The fourth-order valence-corrected chi connectivity index (χ4v) is 14.4. The summed E-state index contributed by atoms with van der Waals surface area (Å²) in [4.78, 5) is 72.9. The van der Waals surface area contributed by atoms with Gasteiger partial charge in [-0.1, -0.05) is 382 Å². The van der Waals surface area contributed by atoms with Crippen molar-refractivity contribution in [3.63, 3.8) is 0 Å². The quantitative estimate of drug-likeness (QED) is 0.0222. The molecule has 0 heterocycles. The number of unbranched alkanes of at least 4 members (excludes halogenated alkanes) is 48. The average molecular weight is 1490 g/mol. The molecule has 0 bridgehead atoms. The Hall–Kier alpha value is -1.94. The largest absolute Gasteiger partial charge is 0.472 e. The number of ether oxygens (including phenoxy) is 4. The van der Waals surface area contributed by atoms with Crippen LogP contribution in [0.25, 0.3) is 0 Å². The van der Waals surface area contributed by atoms with Crippen molar-refractivity contribution in [1.82, 2.24) is 0 Å². The number of carbonyl (C=O) groups excluding carboxylic acids is 4. The molecule has 0 aromatic carbocycles. The van der Waals surface area contributed by atoms with Crippen molar-refractivity contribution in [1.29, 1.82) is 0 Å². The van der Waals surface area contributed by atoms with Gasteiger partial charge >= 0.3 is 39.5 Å². The van der Waals surface area contributed by atoms with Crippen molar-refractivity contribution in [2.75, 3.05) is 39.6 Å². The first-order valence-electron chi connectivity index (χ1n) is 42.9. The summed E-state index contributed by atoms with van der Waals surface area (Å²) in [5.41, 5.74) is 0. The SMILES string of the molecule is CCCCCCCCCC(=O)OC[C@H](COP(=O)(O)OC[C@H](O)COP(=O)(O)OC[C@@H](COC(=O)CCCCCCCCCCCCCCCCC(C)C)OC(=O)CCCCCCCCCCCCCCCCCCCCC(C)CC)OC(=O)CCCCCCCCCCCCCCCC(C)C. The summed E-state index contributed by atoms with van der Waals surface area (Å²) in [7, 11) is -9.92. The zero-order valence-electron chi connectivity index (χ0n) is 67.1.